The molecule has 10 heavy (non-hydrogen) atoms. The maximum absolute atomic E-state index is 8.52. The van der Waals surface area contributed by atoms with Crippen LogP contribution >= 0.6 is 0 Å². The molecule has 0 saturated heterocycles. The molecule has 0 N–H and O–H groups in total. The van der Waals surface area contributed by atoms with Gasteiger partial charge in [-0.1, -0.05) is 0 Å². The van der Waals surface area contributed by atoms with Crippen LogP contribution in [0.25, 0.3) is 0 Å². The fourth-order valence-electron chi connectivity index (χ4n) is 0. The van der Waals surface area contributed by atoms with Crippen molar-refractivity contribution < 1.29 is 47.9 Å². The van der Waals surface area contributed by atoms with Crippen LogP contribution in [-0.4, -0.2) is 30.8 Å². The zero-order valence-electron chi connectivity index (χ0n) is 3.98. The molecule has 0 aromatic heterocycles. The topological polar surface area (TPSA) is 143 Å². The van der Waals surface area contributed by atoms with E-state index in [2.05, 4.69) is 0 Å². The van der Waals surface area contributed by atoms with E-state index in [0.29, 0.717) is 0 Å². The van der Waals surface area contributed by atoms with Crippen LogP contribution in [0.5, 0.6) is 0 Å². The zero-order chi connectivity index (χ0) is 8.08. The second-order valence-electron chi connectivity index (χ2n) is 0.612. The summed E-state index contributed by atoms with van der Waals surface area (Å²) in [5.41, 5.74) is 0. The van der Waals surface area contributed by atoms with Crippen molar-refractivity contribution in [2.75, 3.05) is 0 Å². The molecule has 0 aliphatic heterocycles. The summed E-state index contributed by atoms with van der Waals surface area (Å²) in [4.78, 5) is 0. The molecule has 0 fully saturated rings. The van der Waals surface area contributed by atoms with Gasteiger partial charge in [-0.25, -0.2) is 0 Å². The molecular weight excluding hydrogens is 240 g/mol. The second-order valence-corrected chi connectivity index (χ2v) is 1.84. The SMILES string of the molecule is O=S(=O)([O-])[O-].O=S([O-])[O-].[Cu]. The zero-order valence-corrected chi connectivity index (χ0v) is 6.55. The summed E-state index contributed by atoms with van der Waals surface area (Å²) in [5, 5.41) is 0. The standard InChI is InChI=1S/Cu.H2O4S.H2O3S/c;1-5(2,3)4;1-4(2)3/h;(H2,1,2,3,4);(H2,1,2,3)/p-4. The quantitative estimate of drug-likeness (QED) is 0.199. The van der Waals surface area contributed by atoms with Crippen LogP contribution in [0.1, 0.15) is 0 Å². The summed E-state index contributed by atoms with van der Waals surface area (Å²) in [7, 11) is -5.17. The first-order chi connectivity index (χ1) is 3.73. The summed E-state index contributed by atoms with van der Waals surface area (Å²) in [5.74, 6) is 0. The molecule has 0 unspecified atom stereocenters. The molecule has 0 rings (SSSR count). The summed E-state index contributed by atoms with van der Waals surface area (Å²) < 4.78 is 59.4. The molecule has 0 amide bonds. The Labute approximate surface area is 70.0 Å². The molecule has 0 aliphatic rings. The Balaban J connectivity index is -0.0000000910. The van der Waals surface area contributed by atoms with Gasteiger partial charge in [0.15, 0.2) is 0 Å². The summed E-state index contributed by atoms with van der Waals surface area (Å²) in [6.07, 6.45) is 0. The van der Waals surface area contributed by atoms with Crippen LogP contribution in [-0.2, 0) is 38.8 Å². The van der Waals surface area contributed by atoms with Crippen LogP contribution in [0.15, 0.2) is 0 Å². The first-order valence-electron chi connectivity index (χ1n) is 1.17. The third kappa shape index (κ3) is 2230. The van der Waals surface area contributed by atoms with Gasteiger partial charge in [0, 0.05) is 27.5 Å². The van der Waals surface area contributed by atoms with Gasteiger partial charge in [-0.05, 0) is 0 Å². The molecule has 10 heteroatoms. The van der Waals surface area contributed by atoms with Crippen LogP contribution < -0.4 is 0 Å². The molecule has 0 spiro atoms. The smallest absolute Gasteiger partial charge is 0.0311 e. The molecule has 0 atom stereocenters. The Kier molecular flexibility index (Phi) is 12.7. The fourth-order valence-corrected chi connectivity index (χ4v) is 0. The van der Waals surface area contributed by atoms with Crippen molar-refractivity contribution >= 4 is 21.8 Å². The first kappa shape index (κ1) is 16.8. The van der Waals surface area contributed by atoms with Crippen molar-refractivity contribution in [3.05, 3.63) is 0 Å². The molecule has 0 bridgehead atoms. The molecule has 7 nitrogen and oxygen atoms in total. The van der Waals surface area contributed by atoms with E-state index in [-0.39, 0.29) is 17.1 Å². The van der Waals surface area contributed by atoms with Gasteiger partial charge in [0.1, 0.15) is 0 Å². The van der Waals surface area contributed by atoms with Gasteiger partial charge in [-0.3, -0.25) is 12.6 Å². The molecule has 0 aromatic carbocycles. The van der Waals surface area contributed by atoms with Gasteiger partial charge in [0.05, 0.1) is 0 Å². The third-order valence-electron chi connectivity index (χ3n) is 0. The van der Waals surface area contributed by atoms with Crippen molar-refractivity contribution in [2.45, 2.75) is 0 Å². The van der Waals surface area contributed by atoms with Crippen molar-refractivity contribution in [1.82, 2.24) is 0 Å². The number of rotatable bonds is 0. The van der Waals surface area contributed by atoms with Crippen LogP contribution in [0, 0.1) is 0 Å². The Morgan fingerprint density at radius 3 is 1.10 bits per heavy atom. The normalized spacial score (nSPS) is 9.30. The molecule has 69 valence electrons. The van der Waals surface area contributed by atoms with Crippen molar-refractivity contribution in [3.63, 3.8) is 0 Å². The van der Waals surface area contributed by atoms with Crippen molar-refractivity contribution in [2.24, 2.45) is 0 Å². The second kappa shape index (κ2) is 7.57. The Bertz CT molecular complexity index is 154. The first-order valence-corrected chi connectivity index (χ1v) is 3.50. The average Bonchev–Trinajstić information content (AvgIpc) is 1.19. The van der Waals surface area contributed by atoms with Crippen LogP contribution in [0.2, 0.25) is 0 Å². The molecular formula is CuO7S2-4. The van der Waals surface area contributed by atoms with Crippen molar-refractivity contribution in [1.29, 1.82) is 0 Å². The van der Waals surface area contributed by atoms with E-state index in [0.717, 1.165) is 0 Å². The predicted octanol–water partition coefficient (Wildman–Crippen LogP) is -2.34. The van der Waals surface area contributed by atoms with Gasteiger partial charge in [-0.15, -0.1) is 11.4 Å². The molecule has 1 radical (unpaired) electrons. The molecule has 0 heterocycles. The van der Waals surface area contributed by atoms with E-state index in [1.54, 1.807) is 0 Å². The maximum atomic E-state index is 8.52. The molecule has 0 aromatic rings. The Morgan fingerprint density at radius 1 is 1.10 bits per heavy atom. The minimum atomic E-state index is -5.17. The van der Waals surface area contributed by atoms with Gasteiger partial charge >= 0.3 is 0 Å². The van der Waals surface area contributed by atoms with Gasteiger partial charge in [-0.2, -0.15) is 0 Å². The molecule has 0 saturated carbocycles. The van der Waals surface area contributed by atoms with E-state index in [1.165, 1.54) is 0 Å². The number of hydrogen-bond acceptors (Lipinski definition) is 7. The minimum absolute atomic E-state index is 0. The van der Waals surface area contributed by atoms with Crippen molar-refractivity contribution in [3.8, 4) is 0 Å². The van der Waals surface area contributed by atoms with E-state index in [1.807, 2.05) is 0 Å². The summed E-state index contributed by atoms with van der Waals surface area (Å²) >= 11 is -3.11. The summed E-state index contributed by atoms with van der Waals surface area (Å²) in [6, 6.07) is 0. The summed E-state index contributed by atoms with van der Waals surface area (Å²) in [6.45, 7) is 0. The van der Waals surface area contributed by atoms with Gasteiger partial charge < -0.3 is 18.2 Å². The van der Waals surface area contributed by atoms with Gasteiger partial charge in [0.25, 0.3) is 0 Å². The third-order valence-corrected chi connectivity index (χ3v) is 0. The number of hydrogen-bond donors (Lipinski definition) is 0. The van der Waals surface area contributed by atoms with Gasteiger partial charge in [0.2, 0.25) is 0 Å². The van der Waals surface area contributed by atoms with E-state index < -0.39 is 21.8 Å². The average molecular weight is 240 g/mol. The van der Waals surface area contributed by atoms with Crippen LogP contribution in [0.3, 0.4) is 0 Å². The molecule has 0 aliphatic carbocycles. The van der Waals surface area contributed by atoms with E-state index in [4.69, 9.17) is 30.8 Å². The monoisotopic (exact) mass is 239 g/mol. The fraction of sp³-hybridized carbons (Fsp3) is 0. The van der Waals surface area contributed by atoms with E-state index >= 15 is 0 Å². The Morgan fingerprint density at radius 2 is 1.10 bits per heavy atom. The Hall–Kier alpha value is 0.459. The van der Waals surface area contributed by atoms with Crippen LogP contribution in [0.4, 0.5) is 0 Å². The minimum Gasteiger partial charge on any atom is -0.784 e. The largest absolute Gasteiger partial charge is 0.784 e. The predicted molar refractivity (Wildman–Crippen MR) is 20.2 cm³/mol. The van der Waals surface area contributed by atoms with E-state index in [9.17, 15) is 0 Å². The maximum Gasteiger partial charge on any atom is 0.0311 e.